The van der Waals surface area contributed by atoms with E-state index in [1.54, 1.807) is 11.0 Å². The lowest BCUT2D eigenvalue weighted by atomic mass is 9.86. The normalized spacial score (nSPS) is 17.5. The first-order valence-corrected chi connectivity index (χ1v) is 14.2. The Morgan fingerprint density at radius 2 is 1.88 bits per heavy atom. The van der Waals surface area contributed by atoms with Crippen LogP contribution in [0.25, 0.3) is 22.2 Å². The number of ether oxygens (including phenoxy) is 1. The van der Waals surface area contributed by atoms with Crippen molar-refractivity contribution in [2.24, 2.45) is 0 Å². The molecule has 0 bridgehead atoms. The maximum Gasteiger partial charge on any atom is 0.433 e. The van der Waals surface area contributed by atoms with Crippen LogP contribution in [0, 0.1) is 6.92 Å². The van der Waals surface area contributed by atoms with Crippen LogP contribution in [0.3, 0.4) is 0 Å². The summed E-state index contributed by atoms with van der Waals surface area (Å²) in [4.78, 5) is 28.4. The second-order valence-electron chi connectivity index (χ2n) is 12.2. The van der Waals surface area contributed by atoms with Gasteiger partial charge in [0.15, 0.2) is 0 Å². The first kappa shape index (κ1) is 28.1. The summed E-state index contributed by atoms with van der Waals surface area (Å²) in [6.07, 6.45) is 2.40. The Hall–Kier alpha value is -4.08. The van der Waals surface area contributed by atoms with Crippen molar-refractivity contribution in [2.45, 2.75) is 71.3 Å². The van der Waals surface area contributed by atoms with Gasteiger partial charge in [0, 0.05) is 54.9 Å². The molecule has 1 N–H and O–H groups in total. The summed E-state index contributed by atoms with van der Waals surface area (Å²) < 4.78 is 46.1. The van der Waals surface area contributed by atoms with Crippen molar-refractivity contribution in [1.82, 2.24) is 19.9 Å². The van der Waals surface area contributed by atoms with E-state index in [4.69, 9.17) is 4.74 Å². The number of hydrogen-bond acceptors (Lipinski definition) is 5. The molecular weight excluding hydrogens is 543 g/mol. The molecule has 0 aliphatic carbocycles. The molecule has 3 aromatic heterocycles. The summed E-state index contributed by atoms with van der Waals surface area (Å²) >= 11 is 0. The van der Waals surface area contributed by atoms with E-state index in [0.717, 1.165) is 63.3 Å². The minimum atomic E-state index is -4.52. The highest BCUT2D eigenvalue weighted by molar-refractivity contribution is 5.84. The molecule has 1 fully saturated rings. The number of halogens is 3. The molecule has 1 saturated heterocycles. The maximum atomic E-state index is 13.4. The van der Waals surface area contributed by atoms with Crippen molar-refractivity contribution in [2.75, 3.05) is 18.0 Å². The van der Waals surface area contributed by atoms with E-state index in [1.165, 1.54) is 6.20 Å². The number of alkyl halides is 3. The fraction of sp³-hybridized carbons (Fsp3) is 0.406. The predicted molar refractivity (Wildman–Crippen MR) is 155 cm³/mol. The molecule has 0 spiro atoms. The molecule has 220 valence electrons. The second-order valence-corrected chi connectivity index (χ2v) is 12.2. The number of aryl methyl sites for hydroxylation is 1. The van der Waals surface area contributed by atoms with Crippen molar-refractivity contribution < 1.29 is 22.7 Å². The van der Waals surface area contributed by atoms with Gasteiger partial charge >= 0.3 is 12.3 Å². The Kier molecular flexibility index (Phi) is 6.90. The summed E-state index contributed by atoms with van der Waals surface area (Å²) in [5, 5.41) is 1.05. The highest BCUT2D eigenvalue weighted by Gasteiger charge is 2.37. The molecule has 10 heteroatoms. The molecule has 42 heavy (non-hydrogen) atoms. The van der Waals surface area contributed by atoms with Crippen LogP contribution in [0.4, 0.5) is 23.7 Å². The molecule has 7 nitrogen and oxygen atoms in total. The Bertz CT molecular complexity index is 1660. The third kappa shape index (κ3) is 5.42. The third-order valence-corrected chi connectivity index (χ3v) is 8.09. The van der Waals surface area contributed by atoms with Gasteiger partial charge in [-0.25, -0.2) is 9.78 Å². The first-order valence-electron chi connectivity index (χ1n) is 14.2. The van der Waals surface area contributed by atoms with Gasteiger partial charge < -0.3 is 19.5 Å². The van der Waals surface area contributed by atoms with Gasteiger partial charge in [0.2, 0.25) is 0 Å². The van der Waals surface area contributed by atoms with Crippen LogP contribution in [0.1, 0.15) is 67.6 Å². The molecule has 1 atom stereocenters. The van der Waals surface area contributed by atoms with E-state index in [2.05, 4.69) is 33.2 Å². The molecule has 1 unspecified atom stereocenters. The van der Waals surface area contributed by atoms with Gasteiger partial charge in [0.05, 0.1) is 6.04 Å². The molecule has 2 aliphatic rings. The van der Waals surface area contributed by atoms with E-state index < -0.39 is 17.5 Å². The molecule has 2 aliphatic heterocycles. The topological polar surface area (TPSA) is 74.3 Å². The number of aromatic amines is 1. The number of H-pyrrole nitrogens is 1. The molecule has 5 heterocycles. The van der Waals surface area contributed by atoms with Crippen LogP contribution in [-0.4, -0.2) is 44.6 Å². The van der Waals surface area contributed by atoms with Crippen LogP contribution in [0.5, 0.6) is 0 Å². The van der Waals surface area contributed by atoms with E-state index >= 15 is 0 Å². The fourth-order valence-electron chi connectivity index (χ4n) is 6.07. The van der Waals surface area contributed by atoms with E-state index in [-0.39, 0.29) is 12.1 Å². The Morgan fingerprint density at radius 3 is 2.64 bits per heavy atom. The zero-order valence-electron chi connectivity index (χ0n) is 24.2. The lowest BCUT2D eigenvalue weighted by Crippen LogP contribution is -2.37. The lowest BCUT2D eigenvalue weighted by Gasteiger charge is -2.36. The monoisotopic (exact) mass is 577 g/mol. The van der Waals surface area contributed by atoms with Gasteiger partial charge in [-0.2, -0.15) is 13.2 Å². The average Bonchev–Trinajstić information content (AvgIpc) is 3.58. The van der Waals surface area contributed by atoms with E-state index in [9.17, 15) is 18.0 Å². The number of rotatable bonds is 3. The van der Waals surface area contributed by atoms with Crippen LogP contribution >= 0.6 is 0 Å². The SMILES string of the molecule is Cc1c[nH]c2ncc(-c3cc4c(c(C5CCCN5C(=O)OC(C)(C)C)c3)CN(c3ccnc(C(F)(F)F)c3)CC4)cc12. The van der Waals surface area contributed by atoms with E-state index in [0.29, 0.717) is 31.7 Å². The molecule has 1 amide bonds. The quantitative estimate of drug-likeness (QED) is 0.272. The van der Waals surface area contributed by atoms with Crippen molar-refractivity contribution in [3.8, 4) is 11.1 Å². The zero-order valence-corrected chi connectivity index (χ0v) is 24.2. The number of likely N-dealkylation sites (tertiary alicyclic amines) is 1. The van der Waals surface area contributed by atoms with Crippen molar-refractivity contribution in [3.05, 3.63) is 76.9 Å². The number of benzene rings is 1. The number of fused-ring (bicyclic) bond motifs is 2. The number of nitrogens with one attached hydrogen (secondary N) is 1. The van der Waals surface area contributed by atoms with Gasteiger partial charge in [-0.15, -0.1) is 0 Å². The van der Waals surface area contributed by atoms with Crippen LogP contribution in [0.15, 0.2) is 48.9 Å². The van der Waals surface area contributed by atoms with E-state index in [1.807, 2.05) is 45.0 Å². The van der Waals surface area contributed by atoms with Crippen molar-refractivity contribution >= 4 is 22.8 Å². The number of carbonyl (C=O) groups is 1. The van der Waals surface area contributed by atoms with Gasteiger partial charge in [-0.05, 0) is 99.0 Å². The van der Waals surface area contributed by atoms with Crippen LogP contribution < -0.4 is 4.90 Å². The first-order chi connectivity index (χ1) is 19.9. The molecule has 6 rings (SSSR count). The number of pyridine rings is 2. The summed E-state index contributed by atoms with van der Waals surface area (Å²) in [7, 11) is 0. The highest BCUT2D eigenvalue weighted by atomic mass is 19.4. The third-order valence-electron chi connectivity index (χ3n) is 8.09. The number of carbonyl (C=O) groups excluding carboxylic acids is 1. The number of amides is 1. The number of nitrogens with zero attached hydrogens (tertiary/aromatic N) is 4. The molecule has 4 aromatic rings. The summed E-state index contributed by atoms with van der Waals surface area (Å²) in [6.45, 7) is 9.17. The Labute approximate surface area is 242 Å². The Morgan fingerprint density at radius 1 is 1.07 bits per heavy atom. The summed E-state index contributed by atoms with van der Waals surface area (Å²) in [5.74, 6) is 0. The van der Waals surface area contributed by atoms with Crippen LogP contribution in [-0.2, 0) is 23.9 Å². The summed E-state index contributed by atoms with van der Waals surface area (Å²) in [5.41, 5.74) is 6.04. The minimum Gasteiger partial charge on any atom is -0.444 e. The standard InChI is InChI=1S/C32H34F3N5O2/c1-19-16-37-29-24(19)14-22(17-38-29)21-12-20-8-11-39(23-7-9-36-28(15-23)32(33,34)35)18-26(20)25(13-21)27-6-5-10-40(27)30(41)42-31(2,3)4/h7,9,12-17,27H,5-6,8,10-11,18H2,1-4H3,(H,37,38). The minimum absolute atomic E-state index is 0.206. The lowest BCUT2D eigenvalue weighted by molar-refractivity contribution is -0.141. The van der Waals surface area contributed by atoms with Gasteiger partial charge in [-0.1, -0.05) is 6.07 Å². The van der Waals surface area contributed by atoms with Gasteiger partial charge in [0.25, 0.3) is 0 Å². The van der Waals surface area contributed by atoms with Crippen molar-refractivity contribution in [3.63, 3.8) is 0 Å². The fourth-order valence-corrected chi connectivity index (χ4v) is 6.07. The zero-order chi connectivity index (χ0) is 29.8. The number of aromatic nitrogens is 3. The smallest absolute Gasteiger partial charge is 0.433 e. The van der Waals surface area contributed by atoms with Gasteiger partial charge in [0.1, 0.15) is 16.9 Å². The van der Waals surface area contributed by atoms with Crippen LogP contribution in [0.2, 0.25) is 0 Å². The number of anilines is 1. The second kappa shape index (κ2) is 10.3. The highest BCUT2D eigenvalue weighted by Crippen LogP contribution is 2.41. The molecule has 0 saturated carbocycles. The average molecular weight is 578 g/mol. The molecular formula is C32H34F3N5O2. The number of hydrogen-bond donors (Lipinski definition) is 1. The largest absolute Gasteiger partial charge is 0.444 e. The Balaban J connectivity index is 1.43. The van der Waals surface area contributed by atoms with Crippen molar-refractivity contribution in [1.29, 1.82) is 0 Å². The van der Waals surface area contributed by atoms with Gasteiger partial charge in [-0.3, -0.25) is 4.98 Å². The predicted octanol–water partition coefficient (Wildman–Crippen LogP) is 7.59. The maximum absolute atomic E-state index is 13.4. The summed E-state index contributed by atoms with van der Waals surface area (Å²) in [6, 6.07) is 8.96. The molecule has 1 aromatic carbocycles. The molecule has 0 radical (unpaired) electrons.